The Morgan fingerprint density at radius 2 is 0.982 bits per heavy atom. The molecule has 2 atom stereocenters. The third-order valence-corrected chi connectivity index (χ3v) is 14.5. The quantitative estimate of drug-likeness (QED) is 0.165. The number of benzene rings is 4. The number of aryl methyl sites for hydroxylation is 4. The lowest BCUT2D eigenvalue weighted by Gasteiger charge is -2.50. The highest BCUT2D eigenvalue weighted by atomic mass is 32.1. The third-order valence-electron chi connectivity index (χ3n) is 12.6. The van der Waals surface area contributed by atoms with Crippen molar-refractivity contribution in [2.24, 2.45) is 10.8 Å². The maximum absolute atomic E-state index is 13.5. The molecular weight excluding hydrogens is 721 g/mol. The minimum absolute atomic E-state index is 0.0302. The van der Waals surface area contributed by atoms with E-state index in [4.69, 9.17) is 5.73 Å². The van der Waals surface area contributed by atoms with Crippen molar-refractivity contribution in [2.45, 2.75) is 78.1 Å². The number of anilines is 2. The van der Waals surface area contributed by atoms with Gasteiger partial charge in [-0.25, -0.2) is 9.97 Å². The van der Waals surface area contributed by atoms with Gasteiger partial charge in [0, 0.05) is 33.4 Å². The van der Waals surface area contributed by atoms with Crippen LogP contribution in [0.3, 0.4) is 0 Å². The van der Waals surface area contributed by atoms with E-state index < -0.39 is 16.8 Å². The van der Waals surface area contributed by atoms with E-state index in [-0.39, 0.29) is 29.6 Å². The molecule has 0 saturated carbocycles. The number of carboxylic acid groups (broad SMARTS) is 1. The van der Waals surface area contributed by atoms with Gasteiger partial charge >= 0.3 is 5.97 Å². The van der Waals surface area contributed by atoms with Gasteiger partial charge in [-0.2, -0.15) is 0 Å². The molecule has 1 amide bonds. The summed E-state index contributed by atoms with van der Waals surface area (Å²) < 4.78 is 0. The number of carboxylic acids is 1. The Labute approximate surface area is 330 Å². The molecular formula is C46H46N4O3S2. The van der Waals surface area contributed by atoms with Crippen LogP contribution < -0.4 is 11.1 Å². The van der Waals surface area contributed by atoms with Gasteiger partial charge < -0.3 is 16.2 Å². The number of aromatic nitrogens is 2. The highest BCUT2D eigenvalue weighted by Gasteiger charge is 2.55. The predicted molar refractivity (Wildman–Crippen MR) is 222 cm³/mol. The first-order valence-corrected chi connectivity index (χ1v) is 20.5. The lowest BCUT2D eigenvalue weighted by Crippen LogP contribution is -2.47. The SMILES string of the molecule is CC1(C(=O)O)CC2c3ccccc3C1c1ccccc12.Cc1nc(N)sc1C.Cc1nc(NC(=O)C2(C)CC3c4ccccc4C2c2ccccc23)sc1C. The topological polar surface area (TPSA) is 118 Å². The minimum atomic E-state index is -0.701. The molecule has 4 N–H and O–H groups in total. The lowest BCUT2D eigenvalue weighted by atomic mass is 9.52. The largest absolute Gasteiger partial charge is 0.481 e. The first kappa shape index (κ1) is 36.8. The number of hydrogen-bond donors (Lipinski definition) is 3. The van der Waals surface area contributed by atoms with E-state index in [1.54, 1.807) is 11.3 Å². The minimum Gasteiger partial charge on any atom is -0.481 e. The molecule has 0 spiro atoms. The fourth-order valence-electron chi connectivity index (χ4n) is 9.63. The molecule has 7 nitrogen and oxygen atoms in total. The van der Waals surface area contributed by atoms with Crippen LogP contribution in [0.4, 0.5) is 10.3 Å². The van der Waals surface area contributed by atoms with Crippen LogP contribution in [0.2, 0.25) is 0 Å². The van der Waals surface area contributed by atoms with Crippen LogP contribution in [0.25, 0.3) is 0 Å². The first-order valence-electron chi connectivity index (χ1n) is 18.9. The van der Waals surface area contributed by atoms with Crippen molar-refractivity contribution in [3.8, 4) is 0 Å². The van der Waals surface area contributed by atoms with Gasteiger partial charge in [-0.1, -0.05) is 97.1 Å². The van der Waals surface area contributed by atoms with Crippen LogP contribution in [0.1, 0.15) is 116 Å². The van der Waals surface area contributed by atoms with Gasteiger partial charge in [-0.3, -0.25) is 9.59 Å². The molecule has 12 rings (SSSR count). The van der Waals surface area contributed by atoms with Crippen molar-refractivity contribution < 1.29 is 14.7 Å². The zero-order valence-electron chi connectivity index (χ0n) is 32.0. The summed E-state index contributed by atoms with van der Waals surface area (Å²) in [7, 11) is 0. The van der Waals surface area contributed by atoms with Crippen LogP contribution in [0.5, 0.6) is 0 Å². The van der Waals surface area contributed by atoms with Crippen molar-refractivity contribution in [2.75, 3.05) is 11.1 Å². The molecule has 0 aliphatic heterocycles. The summed E-state index contributed by atoms with van der Waals surface area (Å²) in [4.78, 5) is 36.2. The summed E-state index contributed by atoms with van der Waals surface area (Å²) >= 11 is 3.09. The van der Waals surface area contributed by atoms with Crippen molar-refractivity contribution in [3.05, 3.63) is 163 Å². The molecule has 55 heavy (non-hydrogen) atoms. The van der Waals surface area contributed by atoms with Crippen molar-refractivity contribution in [1.82, 2.24) is 9.97 Å². The smallest absolute Gasteiger partial charge is 0.310 e. The number of carbonyl (C=O) groups excluding carboxylic acids is 1. The second-order valence-electron chi connectivity index (χ2n) is 15.8. The predicted octanol–water partition coefficient (Wildman–Crippen LogP) is 10.5. The molecule has 6 aliphatic carbocycles. The second kappa shape index (κ2) is 13.9. The van der Waals surface area contributed by atoms with Gasteiger partial charge in [-0.05, 0) is 98.9 Å². The van der Waals surface area contributed by atoms with Crippen molar-refractivity contribution >= 4 is 44.8 Å². The number of nitrogen functional groups attached to an aromatic ring is 1. The number of fused-ring (bicyclic) bond motifs is 2. The van der Waals surface area contributed by atoms with E-state index in [0.717, 1.165) is 22.7 Å². The number of hydrogen-bond acceptors (Lipinski definition) is 7. The Hall–Kier alpha value is -5.12. The molecule has 6 aromatic rings. The second-order valence-corrected chi connectivity index (χ2v) is 18.3. The van der Waals surface area contributed by atoms with Gasteiger partial charge in [0.2, 0.25) is 5.91 Å². The Kier molecular flexibility index (Phi) is 9.29. The maximum Gasteiger partial charge on any atom is 0.310 e. The summed E-state index contributed by atoms with van der Waals surface area (Å²) in [5.41, 5.74) is 16.6. The molecule has 2 heterocycles. The molecule has 4 bridgehead atoms. The van der Waals surface area contributed by atoms with Crippen molar-refractivity contribution in [1.29, 1.82) is 0 Å². The maximum atomic E-state index is 13.5. The van der Waals surface area contributed by atoms with E-state index in [1.165, 1.54) is 60.7 Å². The molecule has 280 valence electrons. The number of thiazole rings is 2. The van der Waals surface area contributed by atoms with E-state index >= 15 is 0 Å². The van der Waals surface area contributed by atoms with E-state index in [1.807, 2.05) is 46.8 Å². The summed E-state index contributed by atoms with van der Waals surface area (Å²) in [5.74, 6) is -0.0624. The molecule has 6 aliphatic rings. The number of carbonyl (C=O) groups is 2. The van der Waals surface area contributed by atoms with Gasteiger partial charge in [0.15, 0.2) is 10.3 Å². The van der Waals surface area contributed by atoms with Crippen LogP contribution in [-0.2, 0) is 9.59 Å². The Balaban J connectivity index is 0.000000133. The number of amides is 1. The zero-order valence-corrected chi connectivity index (χ0v) is 33.6. The monoisotopic (exact) mass is 766 g/mol. The molecule has 9 heteroatoms. The number of rotatable bonds is 3. The van der Waals surface area contributed by atoms with E-state index in [0.29, 0.717) is 16.7 Å². The van der Waals surface area contributed by atoms with Crippen LogP contribution in [-0.4, -0.2) is 27.0 Å². The summed E-state index contributed by atoms with van der Waals surface area (Å²) in [6.45, 7) is 12.0. The third kappa shape index (κ3) is 6.08. The van der Waals surface area contributed by atoms with Gasteiger partial charge in [0.25, 0.3) is 0 Å². The Bertz CT molecular complexity index is 2330. The van der Waals surface area contributed by atoms with Gasteiger partial charge in [-0.15, -0.1) is 22.7 Å². The van der Waals surface area contributed by atoms with Crippen LogP contribution in [0, 0.1) is 38.5 Å². The summed E-state index contributed by atoms with van der Waals surface area (Å²) in [6, 6.07) is 33.9. The van der Waals surface area contributed by atoms with Crippen molar-refractivity contribution in [3.63, 3.8) is 0 Å². The molecule has 0 fully saturated rings. The highest BCUT2D eigenvalue weighted by Crippen LogP contribution is 2.62. The molecule has 2 unspecified atom stereocenters. The van der Waals surface area contributed by atoms with E-state index in [2.05, 4.69) is 107 Å². The Morgan fingerprint density at radius 1 is 0.618 bits per heavy atom. The molecule has 4 aromatic carbocycles. The Morgan fingerprint density at radius 3 is 1.31 bits per heavy atom. The zero-order chi connectivity index (χ0) is 38.8. The summed E-state index contributed by atoms with van der Waals surface area (Å²) in [5, 5.41) is 14.3. The average Bonchev–Trinajstić information content (AvgIpc) is 3.66. The van der Waals surface area contributed by atoms with E-state index in [9.17, 15) is 14.7 Å². The average molecular weight is 767 g/mol. The highest BCUT2D eigenvalue weighted by molar-refractivity contribution is 7.16. The van der Waals surface area contributed by atoms with Gasteiger partial charge in [0.1, 0.15) is 0 Å². The lowest BCUT2D eigenvalue weighted by molar-refractivity contribution is -0.150. The fourth-order valence-corrected chi connectivity index (χ4v) is 11.1. The first-order chi connectivity index (χ1) is 26.3. The van der Waals surface area contributed by atoms with Gasteiger partial charge in [0.05, 0.1) is 22.2 Å². The number of nitrogens with two attached hydrogens (primary N) is 1. The normalized spacial score (nSPS) is 24.5. The standard InChI is InChI=1S/C23H22N2OS.C18H16O2.C5H8N2S/c1-13-14(2)27-22(24-13)25-21(26)23(3)12-19-15-8-4-6-10-17(15)20(23)18-11-7-5-9-16(18)19;1-18(17(19)20)10-15-11-6-2-4-8-13(11)16(18)14-9-5-3-7-12(14)15;1-3-4(2)8-5(6)7-3/h4-11,19-20H,12H2,1-3H3,(H,24,25,26);2-9,15-16H,10H2,1H3,(H,19,20);1-2H3,(H2,6,7). The molecule has 0 radical (unpaired) electrons. The number of nitrogens with zero attached hydrogens (tertiary/aromatic N) is 2. The summed E-state index contributed by atoms with van der Waals surface area (Å²) in [6.07, 6.45) is 1.53. The molecule has 2 aromatic heterocycles. The van der Waals surface area contributed by atoms with Crippen LogP contribution in [0.15, 0.2) is 97.1 Å². The molecule has 0 saturated heterocycles. The van der Waals surface area contributed by atoms with Crippen LogP contribution >= 0.6 is 22.7 Å². The fraction of sp³-hybridized carbons (Fsp3) is 0.304. The number of nitrogens with one attached hydrogen (secondary N) is 1. The number of aliphatic carboxylic acids is 1.